The zero-order valence-electron chi connectivity index (χ0n) is 21.3. The van der Waals surface area contributed by atoms with E-state index in [1.54, 1.807) is 0 Å². The first-order chi connectivity index (χ1) is 17.3. The molecule has 0 radical (unpaired) electrons. The molecule has 0 saturated heterocycles. The second-order valence-corrected chi connectivity index (χ2v) is 9.48. The molecule has 3 atom stereocenters. The molecule has 0 spiro atoms. The number of nitrogens with one attached hydrogen (secondary N) is 3. The molecule has 6 N–H and O–H groups in total. The first-order valence-corrected chi connectivity index (χ1v) is 12.6. The molecule has 8 nitrogen and oxygen atoms in total. The number of hydrogen-bond acceptors (Lipinski definition) is 5. The third-order valence-electron chi connectivity index (χ3n) is 5.90. The van der Waals surface area contributed by atoms with Crippen molar-refractivity contribution in [1.82, 2.24) is 16.0 Å². The van der Waals surface area contributed by atoms with Gasteiger partial charge in [0, 0.05) is 13.0 Å². The smallest absolute Gasteiger partial charge is 0.320 e. The molecule has 0 heterocycles. The molecule has 2 rings (SSSR count). The molecule has 196 valence electrons. The molecule has 1 unspecified atom stereocenters. The van der Waals surface area contributed by atoms with Gasteiger partial charge in [0.15, 0.2) is 0 Å². The van der Waals surface area contributed by atoms with Crippen LogP contribution in [-0.2, 0) is 27.3 Å². The number of carbonyl (C=O) groups excluding carboxylic acids is 2. The molecular formula is C28H40N4O4. The van der Waals surface area contributed by atoms with E-state index in [1.807, 2.05) is 74.5 Å². The van der Waals surface area contributed by atoms with Crippen LogP contribution < -0.4 is 21.7 Å². The summed E-state index contributed by atoms with van der Waals surface area (Å²) in [5.41, 5.74) is 7.41. The Morgan fingerprint density at radius 1 is 0.833 bits per heavy atom. The summed E-state index contributed by atoms with van der Waals surface area (Å²) < 4.78 is 0. The highest BCUT2D eigenvalue weighted by Crippen LogP contribution is 2.11. The van der Waals surface area contributed by atoms with Gasteiger partial charge in [0.05, 0.1) is 6.04 Å². The fourth-order valence-electron chi connectivity index (χ4n) is 3.98. The largest absolute Gasteiger partial charge is 0.480 e. The molecule has 0 aliphatic rings. The van der Waals surface area contributed by atoms with Gasteiger partial charge in [0.1, 0.15) is 12.1 Å². The Hall–Kier alpha value is -3.23. The van der Waals surface area contributed by atoms with Crippen molar-refractivity contribution in [3.8, 4) is 0 Å². The maximum atomic E-state index is 13.4. The molecule has 8 heteroatoms. The maximum absolute atomic E-state index is 13.4. The first-order valence-electron chi connectivity index (χ1n) is 12.6. The van der Waals surface area contributed by atoms with E-state index in [0.717, 1.165) is 11.1 Å². The number of amides is 2. The number of unbranched alkanes of at least 4 members (excludes halogenated alkanes) is 1. The highest BCUT2D eigenvalue weighted by Gasteiger charge is 2.30. The molecule has 2 aromatic rings. The highest BCUT2D eigenvalue weighted by atomic mass is 16.4. The summed E-state index contributed by atoms with van der Waals surface area (Å²) in [7, 11) is 0. The Balaban J connectivity index is 2.15. The Labute approximate surface area is 214 Å². The lowest BCUT2D eigenvalue weighted by molar-refractivity contribution is -0.140. The van der Waals surface area contributed by atoms with Gasteiger partial charge >= 0.3 is 5.97 Å². The molecule has 0 bridgehead atoms. The van der Waals surface area contributed by atoms with Gasteiger partial charge in [-0.3, -0.25) is 19.7 Å². The van der Waals surface area contributed by atoms with Crippen molar-refractivity contribution >= 4 is 17.8 Å². The highest BCUT2D eigenvalue weighted by molar-refractivity contribution is 5.90. The van der Waals surface area contributed by atoms with Crippen LogP contribution in [0.4, 0.5) is 0 Å². The Bertz CT molecular complexity index is 937. The summed E-state index contributed by atoms with van der Waals surface area (Å²) in [6, 6.07) is 16.6. The van der Waals surface area contributed by atoms with Gasteiger partial charge in [-0.05, 0) is 42.9 Å². The van der Waals surface area contributed by atoms with E-state index < -0.39 is 24.1 Å². The van der Waals surface area contributed by atoms with Crippen molar-refractivity contribution in [1.29, 1.82) is 0 Å². The predicted octanol–water partition coefficient (Wildman–Crippen LogP) is 2.62. The monoisotopic (exact) mass is 496 g/mol. The molecule has 0 aliphatic heterocycles. The Morgan fingerprint density at radius 3 is 2.00 bits per heavy atom. The lowest BCUT2D eigenvalue weighted by Gasteiger charge is -2.27. The van der Waals surface area contributed by atoms with Crippen LogP contribution in [0.1, 0.15) is 50.7 Å². The van der Waals surface area contributed by atoms with Crippen LogP contribution in [0.5, 0.6) is 0 Å². The molecule has 0 saturated carbocycles. The van der Waals surface area contributed by atoms with E-state index in [2.05, 4.69) is 16.0 Å². The molecular weight excluding hydrogens is 456 g/mol. The maximum Gasteiger partial charge on any atom is 0.320 e. The molecule has 0 aliphatic carbocycles. The van der Waals surface area contributed by atoms with Gasteiger partial charge in [-0.2, -0.15) is 0 Å². The van der Waals surface area contributed by atoms with Crippen LogP contribution in [0.2, 0.25) is 0 Å². The average molecular weight is 497 g/mol. The van der Waals surface area contributed by atoms with Crippen LogP contribution in [0, 0.1) is 5.92 Å². The Kier molecular flexibility index (Phi) is 12.6. The Morgan fingerprint density at radius 2 is 1.44 bits per heavy atom. The number of carbonyl (C=O) groups is 3. The zero-order valence-corrected chi connectivity index (χ0v) is 21.3. The van der Waals surface area contributed by atoms with Gasteiger partial charge in [-0.1, -0.05) is 80.9 Å². The average Bonchev–Trinajstić information content (AvgIpc) is 2.86. The standard InChI is InChI=1S/C28H40N4O4/c1-20(2)17-24(31-23(28(35)36)15-9-10-16-29)27(34)32-25(18-21-11-5-3-6-12-21)26(33)30-19-22-13-7-4-8-14-22/h3-8,11-14,20,23-25,31H,9-10,15-19,29H2,1-2H3,(H,30,33)(H,32,34)(H,35,36)/t23-,24?,25+/m1/s1. The summed E-state index contributed by atoms with van der Waals surface area (Å²) in [5, 5.41) is 18.5. The summed E-state index contributed by atoms with van der Waals surface area (Å²) in [5.74, 6) is -1.54. The number of rotatable bonds is 16. The van der Waals surface area contributed by atoms with Crippen molar-refractivity contribution in [2.24, 2.45) is 11.7 Å². The summed E-state index contributed by atoms with van der Waals surface area (Å²) in [4.78, 5) is 38.4. The van der Waals surface area contributed by atoms with E-state index in [9.17, 15) is 19.5 Å². The molecule has 36 heavy (non-hydrogen) atoms. The van der Waals surface area contributed by atoms with E-state index in [1.165, 1.54) is 0 Å². The molecule has 0 fully saturated rings. The van der Waals surface area contributed by atoms with Crippen LogP contribution in [0.3, 0.4) is 0 Å². The van der Waals surface area contributed by atoms with E-state index in [4.69, 9.17) is 5.73 Å². The summed E-state index contributed by atoms with van der Waals surface area (Å²) in [6.45, 7) is 4.78. The number of aliphatic carboxylic acids is 1. The summed E-state index contributed by atoms with van der Waals surface area (Å²) in [6.07, 6.45) is 2.50. The van der Waals surface area contributed by atoms with Crippen LogP contribution in [0.25, 0.3) is 0 Å². The predicted molar refractivity (Wildman–Crippen MR) is 141 cm³/mol. The lowest BCUT2D eigenvalue weighted by Crippen LogP contribution is -2.56. The fraction of sp³-hybridized carbons (Fsp3) is 0.464. The molecule has 2 amide bonds. The molecule has 0 aromatic heterocycles. The normalized spacial score (nSPS) is 13.6. The van der Waals surface area contributed by atoms with Gasteiger partial charge in [0.25, 0.3) is 0 Å². The van der Waals surface area contributed by atoms with Crippen molar-refractivity contribution in [3.05, 3.63) is 71.8 Å². The van der Waals surface area contributed by atoms with Gasteiger partial charge in [0.2, 0.25) is 11.8 Å². The molecule has 2 aromatic carbocycles. The van der Waals surface area contributed by atoms with Crippen molar-refractivity contribution in [2.45, 2.75) is 70.6 Å². The van der Waals surface area contributed by atoms with Crippen molar-refractivity contribution in [3.63, 3.8) is 0 Å². The number of nitrogens with two attached hydrogens (primary N) is 1. The minimum atomic E-state index is -1.00. The number of hydrogen-bond donors (Lipinski definition) is 5. The van der Waals surface area contributed by atoms with Gasteiger partial charge < -0.3 is 21.5 Å². The minimum absolute atomic E-state index is 0.145. The number of benzene rings is 2. The second kappa shape index (κ2) is 15.7. The van der Waals surface area contributed by atoms with Crippen molar-refractivity contribution < 1.29 is 19.5 Å². The SMILES string of the molecule is CC(C)CC(N[C@H](CCCCN)C(=O)O)C(=O)N[C@@H](Cc1ccccc1)C(=O)NCc1ccccc1. The summed E-state index contributed by atoms with van der Waals surface area (Å²) >= 11 is 0. The second-order valence-electron chi connectivity index (χ2n) is 9.48. The zero-order chi connectivity index (χ0) is 26.3. The minimum Gasteiger partial charge on any atom is -0.480 e. The van der Waals surface area contributed by atoms with Crippen LogP contribution >= 0.6 is 0 Å². The fourth-order valence-corrected chi connectivity index (χ4v) is 3.98. The van der Waals surface area contributed by atoms with E-state index >= 15 is 0 Å². The first kappa shape index (κ1) is 29.0. The van der Waals surface area contributed by atoms with E-state index in [-0.39, 0.29) is 17.7 Å². The van der Waals surface area contributed by atoms with Gasteiger partial charge in [-0.15, -0.1) is 0 Å². The lowest BCUT2D eigenvalue weighted by atomic mass is 9.99. The van der Waals surface area contributed by atoms with Crippen LogP contribution in [0.15, 0.2) is 60.7 Å². The quantitative estimate of drug-likeness (QED) is 0.227. The van der Waals surface area contributed by atoms with E-state index in [0.29, 0.717) is 45.2 Å². The number of carboxylic acid groups (broad SMARTS) is 1. The third kappa shape index (κ3) is 10.6. The third-order valence-corrected chi connectivity index (χ3v) is 5.90. The van der Waals surface area contributed by atoms with Gasteiger partial charge in [-0.25, -0.2) is 0 Å². The van der Waals surface area contributed by atoms with Crippen molar-refractivity contribution in [2.75, 3.05) is 6.54 Å². The van der Waals surface area contributed by atoms with Crippen LogP contribution in [-0.4, -0.2) is 47.6 Å². The number of carboxylic acids is 1. The topological polar surface area (TPSA) is 134 Å².